The number of carboxylic acid groups (broad SMARTS) is 1. The predicted octanol–water partition coefficient (Wildman–Crippen LogP) is 0.776. The van der Waals surface area contributed by atoms with Crippen LogP contribution in [0.25, 0.3) is 0 Å². The molecule has 1 aromatic rings. The van der Waals surface area contributed by atoms with E-state index in [1.807, 2.05) is 24.6 Å². The lowest BCUT2D eigenvalue weighted by Gasteiger charge is -2.25. The zero-order valence-corrected chi connectivity index (χ0v) is 11.7. The highest BCUT2D eigenvalue weighted by atomic mass is 16.4. The van der Waals surface area contributed by atoms with Crippen molar-refractivity contribution in [2.24, 2.45) is 5.92 Å². The van der Waals surface area contributed by atoms with Crippen LogP contribution in [0.1, 0.15) is 20.3 Å². The first kappa shape index (κ1) is 14.4. The van der Waals surface area contributed by atoms with Gasteiger partial charge < -0.3 is 19.9 Å². The minimum atomic E-state index is -0.938. The third-order valence-corrected chi connectivity index (χ3v) is 3.63. The number of carboxylic acids is 1. The van der Waals surface area contributed by atoms with Crippen LogP contribution in [-0.2, 0) is 11.3 Å². The van der Waals surface area contributed by atoms with Crippen molar-refractivity contribution in [1.29, 1.82) is 0 Å². The number of hydrogen-bond donors (Lipinski definition) is 2. The molecule has 20 heavy (non-hydrogen) atoms. The molecule has 3 unspecified atom stereocenters. The molecule has 3 atom stereocenters. The van der Waals surface area contributed by atoms with E-state index in [0.29, 0.717) is 13.1 Å². The fourth-order valence-corrected chi connectivity index (χ4v) is 2.60. The Kier molecular flexibility index (Phi) is 4.26. The summed E-state index contributed by atoms with van der Waals surface area (Å²) in [4.78, 5) is 28.8. The maximum absolute atomic E-state index is 12.2. The second-order valence-electron chi connectivity index (χ2n) is 5.35. The zero-order chi connectivity index (χ0) is 14.7. The van der Waals surface area contributed by atoms with Crippen molar-refractivity contribution in [3.05, 3.63) is 18.7 Å². The van der Waals surface area contributed by atoms with Crippen molar-refractivity contribution >= 4 is 12.0 Å². The van der Waals surface area contributed by atoms with Gasteiger partial charge in [0.1, 0.15) is 6.04 Å². The number of carbonyl (C=O) groups excluding carboxylic acids is 1. The van der Waals surface area contributed by atoms with Gasteiger partial charge in [-0.15, -0.1) is 0 Å². The number of aliphatic carboxylic acids is 1. The molecule has 2 amide bonds. The Labute approximate surface area is 117 Å². The minimum Gasteiger partial charge on any atom is -0.480 e. The fraction of sp³-hybridized carbons (Fsp3) is 0.615. The van der Waals surface area contributed by atoms with Crippen molar-refractivity contribution in [3.63, 3.8) is 0 Å². The standard InChI is InChI=1S/C13H20N4O3/c1-9-3-5-17(11(9)12(18)19)13(20)15-10(2)7-16-6-4-14-8-16/h4,6,8-11H,3,5,7H2,1-2H3,(H,15,20)(H,18,19). The summed E-state index contributed by atoms with van der Waals surface area (Å²) in [7, 11) is 0. The van der Waals surface area contributed by atoms with Crippen molar-refractivity contribution in [3.8, 4) is 0 Å². The summed E-state index contributed by atoms with van der Waals surface area (Å²) < 4.78 is 1.87. The molecule has 1 aromatic heterocycles. The third-order valence-electron chi connectivity index (χ3n) is 3.63. The number of likely N-dealkylation sites (tertiary alicyclic amines) is 1. The molecule has 0 radical (unpaired) electrons. The largest absolute Gasteiger partial charge is 0.480 e. The number of nitrogens with one attached hydrogen (secondary N) is 1. The van der Waals surface area contributed by atoms with Gasteiger partial charge in [-0.25, -0.2) is 14.6 Å². The normalized spacial score (nSPS) is 23.6. The van der Waals surface area contributed by atoms with Gasteiger partial charge in [0.25, 0.3) is 0 Å². The molecule has 7 nitrogen and oxygen atoms in total. The second-order valence-corrected chi connectivity index (χ2v) is 5.35. The number of amides is 2. The van der Waals surface area contributed by atoms with Crippen molar-refractivity contribution in [1.82, 2.24) is 19.8 Å². The number of imidazole rings is 1. The summed E-state index contributed by atoms with van der Waals surface area (Å²) in [5, 5.41) is 12.1. The molecule has 1 fully saturated rings. The third kappa shape index (κ3) is 3.09. The smallest absolute Gasteiger partial charge is 0.326 e. The lowest BCUT2D eigenvalue weighted by Crippen LogP contribution is -2.50. The van der Waals surface area contributed by atoms with Gasteiger partial charge in [-0.2, -0.15) is 0 Å². The van der Waals surface area contributed by atoms with E-state index in [0.717, 1.165) is 6.42 Å². The lowest BCUT2D eigenvalue weighted by molar-refractivity contribution is -0.142. The van der Waals surface area contributed by atoms with Crippen molar-refractivity contribution in [2.45, 2.75) is 38.9 Å². The summed E-state index contributed by atoms with van der Waals surface area (Å²) in [6.45, 7) is 4.84. The highest BCUT2D eigenvalue weighted by Gasteiger charge is 2.39. The highest BCUT2D eigenvalue weighted by Crippen LogP contribution is 2.24. The van der Waals surface area contributed by atoms with Crippen LogP contribution < -0.4 is 5.32 Å². The molecule has 1 aliphatic heterocycles. The van der Waals surface area contributed by atoms with Gasteiger partial charge in [-0.3, -0.25) is 0 Å². The van der Waals surface area contributed by atoms with Crippen LogP contribution in [0, 0.1) is 5.92 Å². The molecule has 0 spiro atoms. The van der Waals surface area contributed by atoms with Crippen LogP contribution in [0.4, 0.5) is 4.79 Å². The van der Waals surface area contributed by atoms with E-state index in [2.05, 4.69) is 10.3 Å². The molecule has 0 bridgehead atoms. The highest BCUT2D eigenvalue weighted by molar-refractivity contribution is 5.83. The molecule has 0 aliphatic carbocycles. The van der Waals surface area contributed by atoms with Crippen LogP contribution in [0.5, 0.6) is 0 Å². The summed E-state index contributed by atoms with van der Waals surface area (Å²) in [6.07, 6.45) is 5.90. The molecule has 1 saturated heterocycles. The number of carbonyl (C=O) groups is 2. The average Bonchev–Trinajstić information content (AvgIpc) is 2.97. The summed E-state index contributed by atoms with van der Waals surface area (Å²) >= 11 is 0. The number of rotatable bonds is 4. The van der Waals surface area contributed by atoms with E-state index < -0.39 is 12.0 Å². The van der Waals surface area contributed by atoms with Gasteiger partial charge in [0.05, 0.1) is 6.33 Å². The van der Waals surface area contributed by atoms with Gasteiger partial charge in [-0.05, 0) is 19.3 Å². The molecular formula is C13H20N4O3. The number of hydrogen-bond acceptors (Lipinski definition) is 3. The SMILES string of the molecule is CC(Cn1ccnc1)NC(=O)N1CCC(C)C1C(=O)O. The van der Waals surface area contributed by atoms with Crippen LogP contribution >= 0.6 is 0 Å². The molecule has 2 N–H and O–H groups in total. The minimum absolute atomic E-state index is 0.0118. The van der Waals surface area contributed by atoms with E-state index in [1.54, 1.807) is 12.5 Å². The quantitative estimate of drug-likeness (QED) is 0.853. The molecule has 1 aliphatic rings. The monoisotopic (exact) mass is 280 g/mol. The first-order valence-corrected chi connectivity index (χ1v) is 6.74. The zero-order valence-electron chi connectivity index (χ0n) is 11.7. The predicted molar refractivity (Wildman–Crippen MR) is 72.1 cm³/mol. The molecule has 0 saturated carbocycles. The van der Waals surface area contributed by atoms with Gasteiger partial charge in [0.15, 0.2) is 0 Å². The number of urea groups is 1. The first-order chi connectivity index (χ1) is 9.49. The van der Waals surface area contributed by atoms with Crippen LogP contribution in [0.2, 0.25) is 0 Å². The van der Waals surface area contributed by atoms with E-state index in [-0.39, 0.29) is 18.0 Å². The Morgan fingerprint density at radius 3 is 2.90 bits per heavy atom. The molecule has 0 aromatic carbocycles. The van der Waals surface area contributed by atoms with Gasteiger partial charge in [0.2, 0.25) is 0 Å². The molecule has 2 heterocycles. The Hall–Kier alpha value is -2.05. The van der Waals surface area contributed by atoms with E-state index in [9.17, 15) is 14.7 Å². The van der Waals surface area contributed by atoms with Crippen LogP contribution in [0.3, 0.4) is 0 Å². The van der Waals surface area contributed by atoms with E-state index >= 15 is 0 Å². The second kappa shape index (κ2) is 5.94. The van der Waals surface area contributed by atoms with Gasteiger partial charge in [0, 0.05) is 31.5 Å². The first-order valence-electron chi connectivity index (χ1n) is 6.74. The van der Waals surface area contributed by atoms with Gasteiger partial charge >= 0.3 is 12.0 Å². The van der Waals surface area contributed by atoms with Crippen molar-refractivity contribution in [2.75, 3.05) is 6.54 Å². The van der Waals surface area contributed by atoms with Gasteiger partial charge in [-0.1, -0.05) is 6.92 Å². The maximum Gasteiger partial charge on any atom is 0.326 e. The topological polar surface area (TPSA) is 87.5 Å². The van der Waals surface area contributed by atoms with E-state index in [1.165, 1.54) is 4.90 Å². The molecule has 2 rings (SSSR count). The summed E-state index contributed by atoms with van der Waals surface area (Å²) in [6, 6.07) is -1.13. The Morgan fingerprint density at radius 1 is 1.55 bits per heavy atom. The molecule has 7 heteroatoms. The van der Waals surface area contributed by atoms with Crippen molar-refractivity contribution < 1.29 is 14.7 Å². The maximum atomic E-state index is 12.2. The molecule has 110 valence electrons. The summed E-state index contributed by atoms with van der Waals surface area (Å²) in [5.41, 5.74) is 0. The van der Waals surface area contributed by atoms with Crippen LogP contribution in [0.15, 0.2) is 18.7 Å². The Bertz CT molecular complexity index is 474. The number of aromatic nitrogens is 2. The average molecular weight is 280 g/mol. The fourth-order valence-electron chi connectivity index (χ4n) is 2.60. The van der Waals surface area contributed by atoms with E-state index in [4.69, 9.17) is 0 Å². The lowest BCUT2D eigenvalue weighted by atomic mass is 10.0. The summed E-state index contributed by atoms with van der Waals surface area (Å²) in [5.74, 6) is -0.949. The molecular weight excluding hydrogens is 260 g/mol. The Morgan fingerprint density at radius 2 is 2.30 bits per heavy atom. The van der Waals surface area contributed by atoms with Crippen LogP contribution in [-0.4, -0.2) is 50.2 Å². The Balaban J connectivity index is 1.92. The number of nitrogens with zero attached hydrogens (tertiary/aromatic N) is 3.